The Morgan fingerprint density at radius 3 is 1.60 bits per heavy atom. The topological polar surface area (TPSA) is 29.4 Å². The summed E-state index contributed by atoms with van der Waals surface area (Å²) in [5.74, 6) is 0. The van der Waals surface area contributed by atoms with Crippen LogP contribution in [0.4, 0.5) is 0 Å². The van der Waals surface area contributed by atoms with Crippen molar-refractivity contribution in [1.82, 2.24) is 0 Å². The van der Waals surface area contributed by atoms with Crippen molar-refractivity contribution in [3.63, 3.8) is 0 Å². The van der Waals surface area contributed by atoms with Crippen molar-refractivity contribution in [2.75, 3.05) is 0 Å². The van der Waals surface area contributed by atoms with E-state index in [-0.39, 0.29) is 121 Å². The number of rotatable bonds is 1. The molecule has 0 saturated heterocycles. The third-order valence-electron chi connectivity index (χ3n) is 0.620. The molecule has 0 bridgehead atoms. The molecule has 1 atom stereocenters. The Bertz CT molecular complexity index is 121. The molecular weight excluding hydrogens is 293 g/mol. The molecular formula is C5H10NORb2S+. The maximum absolute atomic E-state index is 10.7. The first kappa shape index (κ1) is 19.1. The normalized spacial score (nSPS) is 12.3. The van der Waals surface area contributed by atoms with Crippen molar-refractivity contribution >= 4 is 17.7 Å². The average Bonchev–Trinajstić information content (AvgIpc) is 1.62. The van der Waals surface area contributed by atoms with E-state index >= 15 is 0 Å². The summed E-state index contributed by atoms with van der Waals surface area (Å²) in [6, 6.07) is 0. The van der Waals surface area contributed by atoms with Gasteiger partial charge >= 0.3 is 116 Å². The van der Waals surface area contributed by atoms with E-state index in [0.717, 1.165) is 0 Å². The molecule has 0 aromatic heterocycles. The van der Waals surface area contributed by atoms with Crippen molar-refractivity contribution in [2.24, 2.45) is 4.40 Å². The van der Waals surface area contributed by atoms with Crippen LogP contribution in [0.3, 0.4) is 0 Å². The zero-order valence-corrected chi connectivity index (χ0v) is 18.0. The van der Waals surface area contributed by atoms with E-state index in [1.165, 1.54) is 0 Å². The monoisotopic (exact) mass is 302 g/mol. The molecule has 1 unspecified atom stereocenters. The third kappa shape index (κ3) is 9.52. The number of hydrogen-bond donors (Lipinski definition) is 0. The SMILES string of the molecule is [CH-]=NS(=O)C(C)(C)C.[Rb+].[Rb+]. The molecule has 0 heterocycles. The second kappa shape index (κ2) is 9.00. The molecule has 0 aliphatic rings. The van der Waals surface area contributed by atoms with E-state index < -0.39 is 11.0 Å². The molecule has 0 aromatic carbocycles. The van der Waals surface area contributed by atoms with Gasteiger partial charge in [-0.15, -0.1) is 0 Å². The number of hydrogen-bond acceptors (Lipinski definition) is 1. The van der Waals surface area contributed by atoms with Gasteiger partial charge in [0.2, 0.25) is 0 Å². The van der Waals surface area contributed by atoms with Crippen LogP contribution in [-0.4, -0.2) is 15.7 Å². The van der Waals surface area contributed by atoms with Crippen molar-refractivity contribution in [3.8, 4) is 0 Å². The van der Waals surface area contributed by atoms with Crippen LogP contribution in [0, 0.1) is 0 Å². The van der Waals surface area contributed by atoms with Gasteiger partial charge in [0, 0.05) is 0 Å². The van der Waals surface area contributed by atoms with Crippen molar-refractivity contribution in [3.05, 3.63) is 0 Å². The molecule has 48 valence electrons. The first-order valence-corrected chi connectivity index (χ1v) is 3.42. The quantitative estimate of drug-likeness (QED) is 0.352. The van der Waals surface area contributed by atoms with Crippen LogP contribution in [0.15, 0.2) is 4.40 Å². The Kier molecular flexibility index (Phi) is 17.2. The van der Waals surface area contributed by atoms with Gasteiger partial charge in [-0.3, -0.25) is 0 Å². The molecule has 2 nitrogen and oxygen atoms in total. The Morgan fingerprint density at radius 1 is 1.30 bits per heavy atom. The zero-order chi connectivity index (χ0) is 6.78. The fraction of sp³-hybridized carbons (Fsp3) is 0.800. The fourth-order valence-corrected chi connectivity index (χ4v) is 0.474. The minimum absolute atomic E-state index is 0. The smallest absolute Gasteiger partial charge is 0.415 e. The van der Waals surface area contributed by atoms with Crippen molar-refractivity contribution in [2.45, 2.75) is 25.5 Å². The standard InChI is InChI=1S/C5H10NOS.2Rb/c1-5(2,3)8(7)6-4;;/h4H,1-3H3;;/q-1;2*+1. The summed E-state index contributed by atoms with van der Waals surface area (Å²) in [7, 11) is -1.24. The van der Waals surface area contributed by atoms with Crippen molar-refractivity contribution in [1.29, 1.82) is 0 Å². The second-order valence-corrected chi connectivity index (χ2v) is 4.40. The molecule has 0 fully saturated rings. The first-order valence-electron chi connectivity index (χ1n) is 2.31. The zero-order valence-electron chi connectivity index (χ0n) is 7.34. The van der Waals surface area contributed by atoms with Gasteiger partial charge in [-0.25, -0.2) is 4.21 Å². The van der Waals surface area contributed by atoms with Crippen LogP contribution in [0.5, 0.6) is 0 Å². The molecule has 0 rings (SSSR count). The van der Waals surface area contributed by atoms with E-state index in [0.29, 0.717) is 0 Å². The van der Waals surface area contributed by atoms with Gasteiger partial charge in [0.25, 0.3) is 0 Å². The second-order valence-electron chi connectivity index (χ2n) is 2.47. The van der Waals surface area contributed by atoms with Gasteiger partial charge in [0.15, 0.2) is 0 Å². The minimum Gasteiger partial charge on any atom is -0.415 e. The molecule has 0 aliphatic heterocycles. The predicted molar refractivity (Wildman–Crippen MR) is 36.4 cm³/mol. The minimum atomic E-state index is -1.24. The van der Waals surface area contributed by atoms with Crippen LogP contribution in [0.25, 0.3) is 0 Å². The van der Waals surface area contributed by atoms with E-state index in [9.17, 15) is 4.21 Å². The van der Waals surface area contributed by atoms with Crippen molar-refractivity contribution < 1.29 is 121 Å². The third-order valence-corrected chi connectivity index (χ3v) is 1.86. The first-order chi connectivity index (χ1) is 3.48. The summed E-state index contributed by atoms with van der Waals surface area (Å²) in [4.78, 5) is 0. The summed E-state index contributed by atoms with van der Waals surface area (Å²) in [5.41, 5.74) is 0. The molecule has 0 aromatic rings. The molecule has 10 heavy (non-hydrogen) atoms. The van der Waals surface area contributed by atoms with Crippen LogP contribution < -0.4 is 116 Å². The summed E-state index contributed by atoms with van der Waals surface area (Å²) in [6.45, 7) is 10.2. The van der Waals surface area contributed by atoms with Gasteiger partial charge in [-0.1, -0.05) is 0 Å². The van der Waals surface area contributed by atoms with Crippen LogP contribution >= 0.6 is 0 Å². The summed E-state index contributed by atoms with van der Waals surface area (Å²) in [6.07, 6.45) is 0. The van der Waals surface area contributed by atoms with Gasteiger partial charge < -0.3 is 11.1 Å². The van der Waals surface area contributed by atoms with Crippen LogP contribution in [-0.2, 0) is 11.0 Å². The Hall–Kier alpha value is 3.43. The maximum Gasteiger partial charge on any atom is 1.00 e. The molecule has 5 heteroatoms. The number of nitrogens with zero attached hydrogens (tertiary/aromatic N) is 1. The largest absolute Gasteiger partial charge is 1.00 e. The van der Waals surface area contributed by atoms with Gasteiger partial charge in [0.05, 0.1) is 4.75 Å². The molecule has 0 N–H and O–H groups in total. The predicted octanol–water partition coefficient (Wildman–Crippen LogP) is -4.97. The van der Waals surface area contributed by atoms with Crippen LogP contribution in [0.2, 0.25) is 0 Å². The van der Waals surface area contributed by atoms with Gasteiger partial charge in [-0.05, 0) is 20.8 Å². The summed E-state index contributed by atoms with van der Waals surface area (Å²) < 4.78 is 13.5. The van der Waals surface area contributed by atoms with Crippen LogP contribution in [0.1, 0.15) is 20.8 Å². The van der Waals surface area contributed by atoms with Gasteiger partial charge in [-0.2, -0.15) is 0 Å². The Morgan fingerprint density at radius 2 is 1.60 bits per heavy atom. The summed E-state index contributed by atoms with van der Waals surface area (Å²) in [5, 5.41) is 0. The molecule has 0 saturated carbocycles. The maximum atomic E-state index is 10.7. The Balaban J connectivity index is -0.000000245. The van der Waals surface area contributed by atoms with Gasteiger partial charge in [0.1, 0.15) is 11.0 Å². The van der Waals surface area contributed by atoms with E-state index in [1.54, 1.807) is 0 Å². The molecule has 0 aliphatic carbocycles. The summed E-state index contributed by atoms with van der Waals surface area (Å²) >= 11 is 0. The van der Waals surface area contributed by atoms with E-state index in [2.05, 4.69) is 4.40 Å². The molecule has 0 spiro atoms. The van der Waals surface area contributed by atoms with E-state index in [1.807, 2.05) is 20.8 Å². The average molecular weight is 303 g/mol. The molecule has 0 amide bonds. The fourth-order valence-electron chi connectivity index (χ4n) is 0.158. The Labute approximate surface area is 163 Å². The van der Waals surface area contributed by atoms with E-state index in [4.69, 9.17) is 6.72 Å². The molecule has 0 radical (unpaired) electrons.